The van der Waals surface area contributed by atoms with Gasteiger partial charge in [0, 0.05) is 16.8 Å². The standard InChI is InChI=1S/C26H28N2O4/c1-4-6-21-13-18(5-2)14-23(25(21)32-17-20-11-12-31-16-20)24(26(29)30-3)28-22-9-7-19(15-27)8-10-22/h7-14,16,24,28H,4-6,17H2,1-3H3. The highest BCUT2D eigenvalue weighted by molar-refractivity contribution is 5.82. The van der Waals surface area contributed by atoms with Crippen LogP contribution in [-0.4, -0.2) is 13.1 Å². The van der Waals surface area contributed by atoms with Gasteiger partial charge < -0.3 is 19.2 Å². The van der Waals surface area contributed by atoms with Crippen LogP contribution in [0.1, 0.15) is 54.1 Å². The normalized spacial score (nSPS) is 11.4. The minimum atomic E-state index is -0.769. The number of aryl methyl sites for hydroxylation is 2. The summed E-state index contributed by atoms with van der Waals surface area (Å²) in [5.41, 5.74) is 5.07. The molecule has 32 heavy (non-hydrogen) atoms. The first-order chi connectivity index (χ1) is 15.6. The first-order valence-electron chi connectivity index (χ1n) is 10.7. The Kier molecular flexibility index (Phi) is 7.93. The Hall–Kier alpha value is -3.72. The maximum absolute atomic E-state index is 12.9. The lowest BCUT2D eigenvalue weighted by Crippen LogP contribution is -2.24. The van der Waals surface area contributed by atoms with E-state index in [9.17, 15) is 4.79 Å². The maximum atomic E-state index is 12.9. The van der Waals surface area contributed by atoms with Gasteiger partial charge in [-0.3, -0.25) is 0 Å². The number of methoxy groups -OCH3 is 1. The molecule has 0 aliphatic heterocycles. The molecule has 0 fully saturated rings. The summed E-state index contributed by atoms with van der Waals surface area (Å²) in [7, 11) is 1.37. The van der Waals surface area contributed by atoms with Crippen molar-refractivity contribution in [2.75, 3.05) is 12.4 Å². The van der Waals surface area contributed by atoms with Crippen molar-refractivity contribution in [3.05, 3.63) is 82.8 Å². The zero-order valence-electron chi connectivity index (χ0n) is 18.7. The van der Waals surface area contributed by atoms with E-state index >= 15 is 0 Å². The van der Waals surface area contributed by atoms with E-state index in [4.69, 9.17) is 19.2 Å². The molecule has 1 unspecified atom stereocenters. The maximum Gasteiger partial charge on any atom is 0.333 e. The number of hydrogen-bond acceptors (Lipinski definition) is 6. The molecule has 0 spiro atoms. The number of esters is 1. The van der Waals surface area contributed by atoms with Gasteiger partial charge in [-0.25, -0.2) is 4.79 Å². The van der Waals surface area contributed by atoms with Gasteiger partial charge in [-0.15, -0.1) is 0 Å². The summed E-state index contributed by atoms with van der Waals surface area (Å²) in [6.45, 7) is 4.53. The minimum Gasteiger partial charge on any atom is -0.488 e. The van der Waals surface area contributed by atoms with Crippen LogP contribution in [0.2, 0.25) is 0 Å². The second-order valence-electron chi connectivity index (χ2n) is 7.49. The molecule has 2 aromatic carbocycles. The Balaban J connectivity index is 2.06. The second kappa shape index (κ2) is 11.1. The zero-order valence-corrected chi connectivity index (χ0v) is 18.7. The lowest BCUT2D eigenvalue weighted by molar-refractivity contribution is -0.141. The SMILES string of the molecule is CCCc1cc(CC)cc(C(Nc2ccc(C#N)cc2)C(=O)OC)c1OCc1ccoc1. The lowest BCUT2D eigenvalue weighted by atomic mass is 9.95. The number of furan rings is 1. The summed E-state index contributed by atoms with van der Waals surface area (Å²) in [6, 6.07) is 14.3. The molecule has 3 aromatic rings. The van der Waals surface area contributed by atoms with Gasteiger partial charge >= 0.3 is 5.97 Å². The molecule has 0 bridgehead atoms. The van der Waals surface area contributed by atoms with E-state index in [1.807, 2.05) is 12.1 Å². The molecule has 1 heterocycles. The largest absolute Gasteiger partial charge is 0.488 e. The van der Waals surface area contributed by atoms with Crippen LogP contribution in [0.3, 0.4) is 0 Å². The summed E-state index contributed by atoms with van der Waals surface area (Å²) in [5, 5.41) is 12.3. The first-order valence-corrected chi connectivity index (χ1v) is 10.7. The molecule has 0 saturated carbocycles. The number of anilines is 1. The molecule has 1 atom stereocenters. The molecular weight excluding hydrogens is 404 g/mol. The molecule has 0 radical (unpaired) electrons. The van der Waals surface area contributed by atoms with Crippen LogP contribution in [-0.2, 0) is 29.0 Å². The van der Waals surface area contributed by atoms with Gasteiger partial charge in [-0.05, 0) is 60.4 Å². The van der Waals surface area contributed by atoms with Crippen molar-refractivity contribution < 1.29 is 18.7 Å². The van der Waals surface area contributed by atoms with Crippen LogP contribution in [0.15, 0.2) is 59.4 Å². The Morgan fingerprint density at radius 3 is 2.53 bits per heavy atom. The van der Waals surface area contributed by atoms with Crippen molar-refractivity contribution in [1.29, 1.82) is 5.26 Å². The minimum absolute atomic E-state index is 0.330. The number of nitrogens with zero attached hydrogens (tertiary/aromatic N) is 1. The predicted molar refractivity (Wildman–Crippen MR) is 122 cm³/mol. The van der Waals surface area contributed by atoms with E-state index in [0.29, 0.717) is 23.6 Å². The van der Waals surface area contributed by atoms with Crippen molar-refractivity contribution >= 4 is 11.7 Å². The van der Waals surface area contributed by atoms with Crippen LogP contribution < -0.4 is 10.1 Å². The Labute approximate surface area is 188 Å². The van der Waals surface area contributed by atoms with Gasteiger partial charge in [-0.2, -0.15) is 5.26 Å². The third kappa shape index (κ3) is 5.50. The molecule has 6 nitrogen and oxygen atoms in total. The Morgan fingerprint density at radius 2 is 1.94 bits per heavy atom. The summed E-state index contributed by atoms with van der Waals surface area (Å²) < 4.78 is 16.6. The molecule has 0 saturated heterocycles. The molecule has 1 N–H and O–H groups in total. The fourth-order valence-electron chi connectivity index (χ4n) is 3.55. The van der Waals surface area contributed by atoms with Crippen molar-refractivity contribution in [2.24, 2.45) is 0 Å². The molecule has 1 aromatic heterocycles. The third-order valence-electron chi connectivity index (χ3n) is 5.22. The molecule has 166 valence electrons. The highest BCUT2D eigenvalue weighted by atomic mass is 16.5. The van der Waals surface area contributed by atoms with Crippen molar-refractivity contribution in [1.82, 2.24) is 0 Å². The number of benzene rings is 2. The number of rotatable bonds is 10. The van der Waals surface area contributed by atoms with Gasteiger partial charge in [0.2, 0.25) is 0 Å². The Morgan fingerprint density at radius 1 is 1.16 bits per heavy atom. The van der Waals surface area contributed by atoms with Gasteiger partial charge in [-0.1, -0.05) is 26.3 Å². The van der Waals surface area contributed by atoms with E-state index in [2.05, 4.69) is 31.3 Å². The fraction of sp³-hybridized carbons (Fsp3) is 0.308. The quantitative estimate of drug-likeness (QED) is 0.422. The topological polar surface area (TPSA) is 84.5 Å². The fourth-order valence-corrected chi connectivity index (χ4v) is 3.55. The van der Waals surface area contributed by atoms with E-state index in [1.165, 1.54) is 7.11 Å². The van der Waals surface area contributed by atoms with Gasteiger partial charge in [0.05, 0.1) is 31.3 Å². The van der Waals surface area contributed by atoms with Gasteiger partial charge in [0.1, 0.15) is 12.4 Å². The Bertz CT molecular complexity index is 1070. The predicted octanol–water partition coefficient (Wildman–Crippen LogP) is 5.57. The van der Waals surface area contributed by atoms with Crippen molar-refractivity contribution in [2.45, 2.75) is 45.8 Å². The van der Waals surface area contributed by atoms with E-state index in [1.54, 1.807) is 36.8 Å². The zero-order chi connectivity index (χ0) is 22.9. The average molecular weight is 433 g/mol. The summed E-state index contributed by atoms with van der Waals surface area (Å²) in [6.07, 6.45) is 5.85. The van der Waals surface area contributed by atoms with E-state index < -0.39 is 12.0 Å². The monoisotopic (exact) mass is 432 g/mol. The molecule has 0 amide bonds. The number of ether oxygens (including phenoxy) is 2. The molecule has 0 aliphatic carbocycles. The summed E-state index contributed by atoms with van der Waals surface area (Å²) in [4.78, 5) is 12.9. The van der Waals surface area contributed by atoms with Crippen molar-refractivity contribution in [3.8, 4) is 11.8 Å². The number of hydrogen-bond donors (Lipinski definition) is 1. The van der Waals surface area contributed by atoms with Crippen molar-refractivity contribution in [3.63, 3.8) is 0 Å². The highest BCUT2D eigenvalue weighted by Crippen LogP contribution is 2.35. The summed E-state index contributed by atoms with van der Waals surface area (Å²) >= 11 is 0. The number of carbonyl (C=O) groups is 1. The third-order valence-corrected chi connectivity index (χ3v) is 5.22. The van der Waals surface area contributed by atoms with Crippen LogP contribution in [0, 0.1) is 11.3 Å². The first kappa shape index (κ1) is 23.0. The number of nitriles is 1. The molecule has 3 rings (SSSR count). The molecule has 6 heteroatoms. The van der Waals surface area contributed by atoms with Gasteiger partial charge in [0.25, 0.3) is 0 Å². The second-order valence-corrected chi connectivity index (χ2v) is 7.49. The van der Waals surface area contributed by atoms with Crippen LogP contribution in [0.5, 0.6) is 5.75 Å². The van der Waals surface area contributed by atoms with E-state index in [-0.39, 0.29) is 0 Å². The highest BCUT2D eigenvalue weighted by Gasteiger charge is 2.27. The van der Waals surface area contributed by atoms with Gasteiger partial charge in [0.15, 0.2) is 6.04 Å². The average Bonchev–Trinajstić information content (AvgIpc) is 3.35. The lowest BCUT2D eigenvalue weighted by Gasteiger charge is -2.24. The molecular formula is C26H28N2O4. The number of carbonyl (C=O) groups excluding carboxylic acids is 1. The summed E-state index contributed by atoms with van der Waals surface area (Å²) in [5.74, 6) is 0.264. The smallest absolute Gasteiger partial charge is 0.333 e. The van der Waals surface area contributed by atoms with E-state index in [0.717, 1.165) is 41.5 Å². The number of nitrogens with one attached hydrogen (secondary N) is 1. The van der Waals surface area contributed by atoms with Crippen LogP contribution in [0.4, 0.5) is 5.69 Å². The van der Waals surface area contributed by atoms with Crippen LogP contribution >= 0.6 is 0 Å². The molecule has 0 aliphatic rings. The van der Waals surface area contributed by atoms with Crippen LogP contribution in [0.25, 0.3) is 0 Å².